The van der Waals surface area contributed by atoms with Crippen LogP contribution in [0.3, 0.4) is 0 Å². The number of hydrogen-bond acceptors (Lipinski definition) is 3. The van der Waals surface area contributed by atoms with Gasteiger partial charge in [0.2, 0.25) is 5.91 Å². The minimum absolute atomic E-state index is 0.0869. The van der Waals surface area contributed by atoms with Crippen molar-refractivity contribution in [1.82, 2.24) is 0 Å². The van der Waals surface area contributed by atoms with Gasteiger partial charge < -0.3 is 15.2 Å². The summed E-state index contributed by atoms with van der Waals surface area (Å²) >= 11 is 11.5. The zero-order valence-corrected chi connectivity index (χ0v) is 11.9. The third-order valence-corrected chi connectivity index (χ3v) is 2.95. The van der Waals surface area contributed by atoms with Crippen molar-refractivity contribution in [3.63, 3.8) is 0 Å². The maximum absolute atomic E-state index is 11.8. The summed E-state index contributed by atoms with van der Waals surface area (Å²) in [6.45, 7) is 3.58. The van der Waals surface area contributed by atoms with Crippen molar-refractivity contribution < 1.29 is 14.6 Å². The van der Waals surface area contributed by atoms with Gasteiger partial charge in [-0.25, -0.2) is 0 Å². The van der Waals surface area contributed by atoms with Crippen LogP contribution in [0.4, 0.5) is 5.69 Å². The fraction of sp³-hybridized carbons (Fsp3) is 0.417. The molecule has 0 aliphatic rings. The van der Waals surface area contributed by atoms with Crippen LogP contribution in [-0.2, 0) is 9.53 Å². The first-order chi connectivity index (χ1) is 8.25. The summed E-state index contributed by atoms with van der Waals surface area (Å²) in [5.74, 6) is -0.500. The zero-order chi connectivity index (χ0) is 13.9. The van der Waals surface area contributed by atoms with Crippen molar-refractivity contribution >= 4 is 34.8 Å². The number of methoxy groups -OCH3 is 1. The minimum Gasteiger partial charge on any atom is -0.504 e. The van der Waals surface area contributed by atoms with Gasteiger partial charge in [0, 0.05) is 12.1 Å². The second-order valence-corrected chi connectivity index (χ2v) is 5.32. The molecule has 0 bridgehead atoms. The van der Waals surface area contributed by atoms with E-state index in [-0.39, 0.29) is 28.8 Å². The number of phenolic OH excluding ortho intramolecular Hbond substituents is 1. The normalized spacial score (nSPS) is 11.4. The lowest BCUT2D eigenvalue weighted by Crippen LogP contribution is -2.29. The van der Waals surface area contributed by atoms with Gasteiger partial charge in [-0.1, -0.05) is 23.2 Å². The van der Waals surface area contributed by atoms with Gasteiger partial charge in [0.25, 0.3) is 0 Å². The third kappa shape index (κ3) is 4.05. The highest BCUT2D eigenvalue weighted by Gasteiger charge is 2.22. The molecule has 0 radical (unpaired) electrons. The third-order valence-electron chi connectivity index (χ3n) is 2.44. The van der Waals surface area contributed by atoms with E-state index in [1.54, 1.807) is 13.8 Å². The molecule has 0 aromatic heterocycles. The molecule has 4 nitrogen and oxygen atoms in total. The van der Waals surface area contributed by atoms with E-state index in [2.05, 4.69) is 5.32 Å². The van der Waals surface area contributed by atoms with E-state index in [1.807, 2.05) is 0 Å². The van der Waals surface area contributed by atoms with Crippen LogP contribution in [-0.4, -0.2) is 23.7 Å². The Morgan fingerprint density at radius 2 is 2.06 bits per heavy atom. The lowest BCUT2D eigenvalue weighted by atomic mass is 10.0. The average molecular weight is 292 g/mol. The standard InChI is InChI=1S/C12H15Cl2NO3/c1-12(2,18-3)6-10(16)15-9-5-7(13)4-8(14)11(9)17/h4-5,17H,6H2,1-3H3,(H,15,16). The number of benzene rings is 1. The number of aromatic hydroxyl groups is 1. The van der Waals surface area contributed by atoms with E-state index in [0.717, 1.165) is 0 Å². The highest BCUT2D eigenvalue weighted by Crippen LogP contribution is 2.35. The Morgan fingerprint density at radius 3 is 2.61 bits per heavy atom. The molecule has 2 N–H and O–H groups in total. The molecule has 1 amide bonds. The van der Waals surface area contributed by atoms with Crippen LogP contribution >= 0.6 is 23.2 Å². The molecule has 0 heterocycles. The molecule has 0 saturated heterocycles. The molecule has 0 spiro atoms. The first-order valence-electron chi connectivity index (χ1n) is 5.28. The predicted octanol–water partition coefficient (Wildman–Crippen LogP) is 3.45. The van der Waals surface area contributed by atoms with Gasteiger partial charge in [0.05, 0.1) is 22.7 Å². The Bertz CT molecular complexity index is 461. The first kappa shape index (κ1) is 15.1. The van der Waals surface area contributed by atoms with Crippen LogP contribution in [0.25, 0.3) is 0 Å². The molecule has 100 valence electrons. The van der Waals surface area contributed by atoms with Crippen LogP contribution in [0.5, 0.6) is 5.75 Å². The molecule has 6 heteroatoms. The number of ether oxygens (including phenoxy) is 1. The van der Waals surface area contributed by atoms with Crippen molar-refractivity contribution in [2.24, 2.45) is 0 Å². The van der Waals surface area contributed by atoms with Crippen LogP contribution in [0.2, 0.25) is 10.0 Å². The molecule has 1 rings (SSSR count). The van der Waals surface area contributed by atoms with Crippen LogP contribution in [0.15, 0.2) is 12.1 Å². The number of carbonyl (C=O) groups is 1. The monoisotopic (exact) mass is 291 g/mol. The number of phenols is 1. The fourth-order valence-corrected chi connectivity index (χ4v) is 1.81. The number of anilines is 1. The summed E-state index contributed by atoms with van der Waals surface area (Å²) in [5.41, 5.74) is -0.397. The highest BCUT2D eigenvalue weighted by atomic mass is 35.5. The predicted molar refractivity (Wildman–Crippen MR) is 72.5 cm³/mol. The molecular weight excluding hydrogens is 277 g/mol. The summed E-state index contributed by atoms with van der Waals surface area (Å²) < 4.78 is 5.15. The van der Waals surface area contributed by atoms with Crippen molar-refractivity contribution in [3.05, 3.63) is 22.2 Å². The second kappa shape index (κ2) is 5.78. The smallest absolute Gasteiger partial charge is 0.227 e. The summed E-state index contributed by atoms with van der Waals surface area (Å²) in [6.07, 6.45) is 0.146. The van der Waals surface area contributed by atoms with E-state index >= 15 is 0 Å². The Balaban J connectivity index is 2.83. The van der Waals surface area contributed by atoms with Gasteiger partial charge in [-0.05, 0) is 26.0 Å². The van der Waals surface area contributed by atoms with E-state index in [4.69, 9.17) is 27.9 Å². The number of amides is 1. The first-order valence-corrected chi connectivity index (χ1v) is 6.04. The van der Waals surface area contributed by atoms with Crippen molar-refractivity contribution in [1.29, 1.82) is 0 Å². The number of nitrogens with one attached hydrogen (secondary N) is 1. The molecule has 0 aliphatic heterocycles. The summed E-state index contributed by atoms with van der Waals surface area (Å²) in [4.78, 5) is 11.8. The Kier molecular flexibility index (Phi) is 4.85. The van der Waals surface area contributed by atoms with Gasteiger partial charge in [-0.2, -0.15) is 0 Å². The number of halogens is 2. The van der Waals surface area contributed by atoms with E-state index in [9.17, 15) is 9.90 Å². The zero-order valence-electron chi connectivity index (χ0n) is 10.4. The van der Waals surface area contributed by atoms with Crippen LogP contribution in [0.1, 0.15) is 20.3 Å². The van der Waals surface area contributed by atoms with Crippen molar-refractivity contribution in [3.8, 4) is 5.75 Å². The number of rotatable bonds is 4. The van der Waals surface area contributed by atoms with E-state index < -0.39 is 5.60 Å². The van der Waals surface area contributed by atoms with Crippen molar-refractivity contribution in [2.75, 3.05) is 12.4 Å². The molecule has 0 fully saturated rings. The second-order valence-electron chi connectivity index (χ2n) is 4.47. The molecule has 1 aromatic rings. The van der Waals surface area contributed by atoms with Gasteiger partial charge in [-0.15, -0.1) is 0 Å². The quantitative estimate of drug-likeness (QED) is 0.836. The van der Waals surface area contributed by atoms with Gasteiger partial charge in [0.1, 0.15) is 0 Å². The summed E-state index contributed by atoms with van der Waals surface area (Å²) in [6, 6.07) is 2.83. The molecule has 0 aliphatic carbocycles. The molecule has 0 saturated carbocycles. The number of carbonyl (C=O) groups excluding carboxylic acids is 1. The molecule has 18 heavy (non-hydrogen) atoms. The number of hydrogen-bond donors (Lipinski definition) is 2. The SMILES string of the molecule is COC(C)(C)CC(=O)Nc1cc(Cl)cc(Cl)c1O. The lowest BCUT2D eigenvalue weighted by Gasteiger charge is -2.22. The molecule has 0 atom stereocenters. The van der Waals surface area contributed by atoms with Crippen LogP contribution < -0.4 is 5.32 Å². The van der Waals surface area contributed by atoms with Gasteiger partial charge >= 0.3 is 0 Å². The minimum atomic E-state index is -0.581. The maximum Gasteiger partial charge on any atom is 0.227 e. The fourth-order valence-electron chi connectivity index (χ4n) is 1.31. The molecular formula is C12H15Cl2NO3. The van der Waals surface area contributed by atoms with E-state index in [0.29, 0.717) is 5.02 Å². The summed E-state index contributed by atoms with van der Waals surface area (Å²) in [5, 5.41) is 12.7. The average Bonchev–Trinajstić information content (AvgIpc) is 2.24. The van der Waals surface area contributed by atoms with Crippen molar-refractivity contribution in [2.45, 2.75) is 25.9 Å². The lowest BCUT2D eigenvalue weighted by molar-refractivity contribution is -0.121. The van der Waals surface area contributed by atoms with E-state index in [1.165, 1.54) is 19.2 Å². The Labute approximate surface area is 116 Å². The maximum atomic E-state index is 11.8. The Hall–Kier alpha value is -0.970. The largest absolute Gasteiger partial charge is 0.504 e. The molecule has 0 unspecified atom stereocenters. The molecule has 1 aromatic carbocycles. The Morgan fingerprint density at radius 1 is 1.44 bits per heavy atom. The van der Waals surface area contributed by atoms with Gasteiger partial charge in [0.15, 0.2) is 5.75 Å². The topological polar surface area (TPSA) is 58.6 Å². The highest BCUT2D eigenvalue weighted by molar-refractivity contribution is 6.36. The van der Waals surface area contributed by atoms with Crippen LogP contribution in [0, 0.1) is 0 Å². The summed E-state index contributed by atoms with van der Waals surface area (Å²) in [7, 11) is 1.53. The van der Waals surface area contributed by atoms with Gasteiger partial charge in [-0.3, -0.25) is 4.79 Å².